The maximum absolute atomic E-state index is 12.9. The van der Waals surface area contributed by atoms with Crippen molar-refractivity contribution in [1.29, 1.82) is 0 Å². The van der Waals surface area contributed by atoms with Crippen LogP contribution in [0.5, 0.6) is 0 Å². The smallest absolute Gasteiger partial charge is 0.223 e. The molecule has 3 atom stereocenters. The van der Waals surface area contributed by atoms with E-state index in [1.807, 2.05) is 13.8 Å². The number of amides is 1. The second-order valence-corrected chi connectivity index (χ2v) is 8.27. The third-order valence-corrected chi connectivity index (χ3v) is 6.80. The van der Waals surface area contributed by atoms with E-state index >= 15 is 0 Å². The molecule has 0 saturated carbocycles. The third-order valence-electron chi connectivity index (χ3n) is 4.62. The van der Waals surface area contributed by atoms with E-state index in [-0.39, 0.29) is 29.0 Å². The minimum Gasteiger partial charge on any atom is -0.335 e. The van der Waals surface area contributed by atoms with Crippen LogP contribution in [0.15, 0.2) is 29.2 Å². The summed E-state index contributed by atoms with van der Waals surface area (Å²) in [6.45, 7) is 3.68. The van der Waals surface area contributed by atoms with Gasteiger partial charge in [-0.15, -0.1) is 0 Å². The quantitative estimate of drug-likeness (QED) is 0.827. The first-order valence-corrected chi connectivity index (χ1v) is 9.01. The lowest BCUT2D eigenvalue weighted by molar-refractivity contribution is -0.135. The molecular formula is C16H19NO4S. The highest BCUT2D eigenvalue weighted by Gasteiger charge is 2.52. The van der Waals surface area contributed by atoms with Crippen molar-refractivity contribution in [3.63, 3.8) is 0 Å². The Morgan fingerprint density at radius 1 is 1.14 bits per heavy atom. The van der Waals surface area contributed by atoms with Crippen molar-refractivity contribution in [2.45, 2.75) is 55.3 Å². The molecule has 0 aromatic heterocycles. The van der Waals surface area contributed by atoms with E-state index in [0.29, 0.717) is 12.8 Å². The van der Waals surface area contributed by atoms with Crippen LogP contribution in [0.3, 0.4) is 0 Å². The second kappa shape index (κ2) is 5.19. The molecule has 0 radical (unpaired) electrons. The number of piperidine rings is 1. The minimum absolute atomic E-state index is 0.0471. The molecule has 2 fully saturated rings. The molecule has 1 unspecified atom stereocenters. The molecule has 6 heteroatoms. The van der Waals surface area contributed by atoms with Crippen LogP contribution in [0, 0.1) is 6.92 Å². The fraction of sp³-hybridized carbons (Fsp3) is 0.500. The molecule has 1 aromatic rings. The summed E-state index contributed by atoms with van der Waals surface area (Å²) in [4.78, 5) is 26.2. The molecule has 1 aromatic carbocycles. The van der Waals surface area contributed by atoms with Gasteiger partial charge in [-0.2, -0.15) is 0 Å². The second-order valence-electron chi connectivity index (χ2n) is 6.21. The van der Waals surface area contributed by atoms with Gasteiger partial charge in [0.05, 0.1) is 10.9 Å². The van der Waals surface area contributed by atoms with Crippen LogP contribution in [0.2, 0.25) is 0 Å². The number of benzene rings is 1. The van der Waals surface area contributed by atoms with Crippen LogP contribution in [-0.2, 0) is 19.4 Å². The van der Waals surface area contributed by atoms with Crippen LogP contribution in [0.4, 0.5) is 0 Å². The fourth-order valence-corrected chi connectivity index (χ4v) is 5.50. The van der Waals surface area contributed by atoms with Gasteiger partial charge in [-0.3, -0.25) is 9.59 Å². The number of carbonyl (C=O) groups excluding carboxylic acids is 2. The van der Waals surface area contributed by atoms with Crippen LogP contribution in [0.1, 0.15) is 31.7 Å². The molecule has 118 valence electrons. The number of nitrogens with zero attached hydrogens (tertiary/aromatic N) is 1. The van der Waals surface area contributed by atoms with Gasteiger partial charge in [-0.1, -0.05) is 17.7 Å². The summed E-state index contributed by atoms with van der Waals surface area (Å²) in [7, 11) is -3.77. The van der Waals surface area contributed by atoms with Gasteiger partial charge in [-0.05, 0) is 32.4 Å². The Morgan fingerprint density at radius 2 is 1.77 bits per heavy atom. The molecule has 2 aliphatic rings. The van der Waals surface area contributed by atoms with Gasteiger partial charge in [0.25, 0.3) is 0 Å². The number of ketones is 1. The molecule has 1 amide bonds. The molecule has 0 N–H and O–H groups in total. The highest BCUT2D eigenvalue weighted by molar-refractivity contribution is 7.92. The first-order chi connectivity index (χ1) is 10.3. The number of Topliss-reactive ketones (excluding diaryl/α,β-unsaturated/α-hetero) is 1. The zero-order valence-corrected chi connectivity index (χ0v) is 13.5. The summed E-state index contributed by atoms with van der Waals surface area (Å²) in [5.74, 6) is -0.321. The van der Waals surface area contributed by atoms with Gasteiger partial charge in [-0.25, -0.2) is 8.42 Å². The number of fused-ring (bicyclic) bond motifs is 1. The third kappa shape index (κ3) is 2.26. The zero-order valence-electron chi connectivity index (χ0n) is 12.7. The fourth-order valence-electron chi connectivity index (χ4n) is 3.57. The number of hydrogen-bond donors (Lipinski definition) is 0. The number of rotatable bonds is 2. The van der Waals surface area contributed by atoms with Crippen molar-refractivity contribution in [1.82, 2.24) is 4.90 Å². The van der Waals surface area contributed by atoms with E-state index in [0.717, 1.165) is 5.56 Å². The average Bonchev–Trinajstić information content (AvgIpc) is 2.81. The van der Waals surface area contributed by atoms with Crippen LogP contribution in [-0.4, -0.2) is 42.3 Å². The Labute approximate surface area is 130 Å². The maximum Gasteiger partial charge on any atom is 0.223 e. The predicted octanol–water partition coefficient (Wildman–Crippen LogP) is 1.49. The predicted molar refractivity (Wildman–Crippen MR) is 81.1 cm³/mol. The zero-order chi connectivity index (χ0) is 16.1. The summed E-state index contributed by atoms with van der Waals surface area (Å²) in [6, 6.07) is 5.79. The lowest BCUT2D eigenvalue weighted by atomic mass is 9.96. The maximum atomic E-state index is 12.9. The van der Waals surface area contributed by atoms with Crippen molar-refractivity contribution in [3.05, 3.63) is 29.8 Å². The topological polar surface area (TPSA) is 71.5 Å². The van der Waals surface area contributed by atoms with Crippen molar-refractivity contribution in [2.75, 3.05) is 0 Å². The Bertz CT molecular complexity index is 723. The Balaban J connectivity index is 2.03. The standard InChI is InChI=1S/C16H19NO4S/c1-10-3-5-12(6-4-10)22(20,21)16-13-7-8-15(19)17(13)11(2)9-14(16)18/h3-6,11,13,16H,7-9H2,1-2H3/t11?,13-,16-/m0/s1. The van der Waals surface area contributed by atoms with E-state index in [2.05, 4.69) is 0 Å². The Morgan fingerprint density at radius 3 is 2.41 bits per heavy atom. The summed E-state index contributed by atoms with van der Waals surface area (Å²) in [5.41, 5.74) is 0.959. The first kappa shape index (κ1) is 15.2. The normalized spacial score (nSPS) is 28.8. The van der Waals surface area contributed by atoms with Crippen molar-refractivity contribution >= 4 is 21.5 Å². The van der Waals surface area contributed by atoms with Gasteiger partial charge in [0.2, 0.25) is 5.91 Å². The summed E-state index contributed by atoms with van der Waals surface area (Å²) in [6.07, 6.45) is 0.866. The Hall–Kier alpha value is -1.69. The van der Waals surface area contributed by atoms with Crippen molar-refractivity contribution in [3.8, 4) is 0 Å². The number of hydrogen-bond acceptors (Lipinski definition) is 4. The van der Waals surface area contributed by atoms with Crippen LogP contribution < -0.4 is 0 Å². The van der Waals surface area contributed by atoms with Crippen molar-refractivity contribution in [2.24, 2.45) is 0 Å². The summed E-state index contributed by atoms with van der Waals surface area (Å²) in [5, 5.41) is -1.13. The average molecular weight is 321 g/mol. The molecule has 0 spiro atoms. The molecule has 5 nitrogen and oxygen atoms in total. The van der Waals surface area contributed by atoms with Gasteiger partial charge in [0, 0.05) is 18.9 Å². The van der Waals surface area contributed by atoms with Gasteiger partial charge < -0.3 is 4.90 Å². The molecule has 2 heterocycles. The van der Waals surface area contributed by atoms with E-state index < -0.39 is 21.1 Å². The monoisotopic (exact) mass is 321 g/mol. The van der Waals surface area contributed by atoms with Gasteiger partial charge in [0.1, 0.15) is 5.25 Å². The molecule has 2 aliphatic heterocycles. The number of aryl methyl sites for hydroxylation is 1. The largest absolute Gasteiger partial charge is 0.335 e. The molecule has 22 heavy (non-hydrogen) atoms. The highest BCUT2D eigenvalue weighted by Crippen LogP contribution is 2.36. The number of carbonyl (C=O) groups is 2. The molecule has 0 bridgehead atoms. The SMILES string of the molecule is Cc1ccc(S(=O)(=O)[C@@H]2C(=O)CC(C)N3C(=O)CC[C@@H]23)cc1. The minimum atomic E-state index is -3.77. The van der Waals surface area contributed by atoms with Gasteiger partial charge in [0.15, 0.2) is 15.6 Å². The molecule has 2 saturated heterocycles. The van der Waals surface area contributed by atoms with E-state index in [4.69, 9.17) is 0 Å². The lowest BCUT2D eigenvalue weighted by Gasteiger charge is -2.39. The first-order valence-electron chi connectivity index (χ1n) is 7.47. The van der Waals surface area contributed by atoms with Crippen molar-refractivity contribution < 1.29 is 18.0 Å². The summed E-state index contributed by atoms with van der Waals surface area (Å²) >= 11 is 0. The lowest BCUT2D eigenvalue weighted by Crippen LogP contribution is -2.57. The number of sulfone groups is 1. The molecule has 0 aliphatic carbocycles. The van der Waals surface area contributed by atoms with Crippen LogP contribution >= 0.6 is 0 Å². The Kier molecular flexibility index (Phi) is 3.59. The van der Waals surface area contributed by atoms with E-state index in [9.17, 15) is 18.0 Å². The van der Waals surface area contributed by atoms with Gasteiger partial charge >= 0.3 is 0 Å². The highest BCUT2D eigenvalue weighted by atomic mass is 32.2. The van der Waals surface area contributed by atoms with Crippen LogP contribution in [0.25, 0.3) is 0 Å². The molecular weight excluding hydrogens is 302 g/mol. The summed E-state index contributed by atoms with van der Waals surface area (Å²) < 4.78 is 25.8. The molecule has 3 rings (SSSR count). The van der Waals surface area contributed by atoms with E-state index in [1.54, 1.807) is 17.0 Å². The van der Waals surface area contributed by atoms with E-state index in [1.165, 1.54) is 12.1 Å².